The number of pyridine rings is 1. The van der Waals surface area contributed by atoms with Gasteiger partial charge >= 0.3 is 0 Å². The Hall–Kier alpha value is -2.48. The largest absolute Gasteiger partial charge is 0.322 e. The maximum absolute atomic E-state index is 13.6. The monoisotopic (exact) mass is 363 g/mol. The van der Waals surface area contributed by atoms with E-state index in [1.165, 1.54) is 22.6 Å². The van der Waals surface area contributed by atoms with E-state index in [0.717, 1.165) is 11.8 Å². The van der Waals surface area contributed by atoms with Gasteiger partial charge in [-0.15, -0.1) is 0 Å². The number of fused-ring (bicyclic) bond motifs is 1. The van der Waals surface area contributed by atoms with Crippen LogP contribution in [0.5, 0.6) is 0 Å². The van der Waals surface area contributed by atoms with Crippen molar-refractivity contribution >= 4 is 27.3 Å². The van der Waals surface area contributed by atoms with Crippen molar-refractivity contribution in [2.75, 3.05) is 22.4 Å². The van der Waals surface area contributed by atoms with Crippen molar-refractivity contribution in [3.8, 4) is 0 Å². The lowest BCUT2D eigenvalue weighted by atomic mass is 9.87. The zero-order chi connectivity index (χ0) is 18.4. The number of benzene rings is 1. The molecule has 0 unspecified atom stereocenters. The second-order valence-electron chi connectivity index (χ2n) is 6.68. The molecule has 2 heterocycles. The topological polar surface area (TPSA) is 79.4 Å². The molecule has 0 spiro atoms. The summed E-state index contributed by atoms with van der Waals surface area (Å²) < 4.78 is 39.1. The molecule has 0 fully saturated rings. The van der Waals surface area contributed by atoms with Crippen LogP contribution in [0, 0.1) is 5.95 Å². The smallest absolute Gasteiger partial charge is 0.260 e. The molecule has 0 aliphatic carbocycles. The van der Waals surface area contributed by atoms with Crippen molar-refractivity contribution in [2.45, 2.75) is 19.3 Å². The summed E-state index contributed by atoms with van der Waals surface area (Å²) in [5.74, 6) is -1.51. The summed E-state index contributed by atoms with van der Waals surface area (Å²) in [6, 6.07) is 7.86. The van der Waals surface area contributed by atoms with E-state index in [-0.39, 0.29) is 11.0 Å². The summed E-state index contributed by atoms with van der Waals surface area (Å²) in [7, 11) is -3.44. The molecular formula is C17H18FN3O3S. The summed E-state index contributed by atoms with van der Waals surface area (Å²) in [6.07, 6.45) is 2.40. The van der Waals surface area contributed by atoms with Crippen LogP contribution >= 0.6 is 0 Å². The molecule has 1 aliphatic rings. The lowest BCUT2D eigenvalue weighted by Crippen LogP contribution is -2.33. The molecule has 8 heteroatoms. The van der Waals surface area contributed by atoms with Gasteiger partial charge in [-0.25, -0.2) is 13.4 Å². The van der Waals surface area contributed by atoms with Crippen LogP contribution in [0.3, 0.4) is 0 Å². The van der Waals surface area contributed by atoms with Crippen molar-refractivity contribution in [3.63, 3.8) is 0 Å². The maximum atomic E-state index is 13.6. The van der Waals surface area contributed by atoms with Gasteiger partial charge in [0.05, 0.1) is 17.5 Å². The van der Waals surface area contributed by atoms with Gasteiger partial charge < -0.3 is 5.32 Å². The molecule has 3 rings (SSSR count). The van der Waals surface area contributed by atoms with Gasteiger partial charge in [0.25, 0.3) is 5.91 Å². The van der Waals surface area contributed by atoms with Crippen LogP contribution in [-0.4, -0.2) is 32.1 Å². The van der Waals surface area contributed by atoms with Crippen molar-refractivity contribution in [2.24, 2.45) is 0 Å². The second-order valence-corrected chi connectivity index (χ2v) is 8.59. The lowest BCUT2D eigenvalue weighted by molar-refractivity contribution is 0.102. The van der Waals surface area contributed by atoms with Gasteiger partial charge in [0.15, 0.2) is 0 Å². The van der Waals surface area contributed by atoms with Crippen molar-refractivity contribution in [1.29, 1.82) is 0 Å². The average Bonchev–Trinajstić information content (AvgIpc) is 2.79. The van der Waals surface area contributed by atoms with Crippen molar-refractivity contribution < 1.29 is 17.6 Å². The van der Waals surface area contributed by atoms with Gasteiger partial charge in [0.1, 0.15) is 0 Å². The summed E-state index contributed by atoms with van der Waals surface area (Å²) in [6.45, 7) is 4.25. The molecule has 132 valence electrons. The molecule has 0 saturated heterocycles. The SMILES string of the molecule is CC1(C)CN(S(C)(=O)=O)c2cc(NC(=O)c3cccnc3F)ccc21. The van der Waals surface area contributed by atoms with Gasteiger partial charge in [-0.3, -0.25) is 9.10 Å². The van der Waals surface area contributed by atoms with E-state index < -0.39 is 21.9 Å². The number of halogens is 1. The highest BCUT2D eigenvalue weighted by molar-refractivity contribution is 7.92. The highest BCUT2D eigenvalue weighted by atomic mass is 32.2. The number of carbonyl (C=O) groups excluding carboxylic acids is 1. The normalized spacial score (nSPS) is 15.8. The minimum atomic E-state index is -3.44. The molecule has 0 atom stereocenters. The zero-order valence-electron chi connectivity index (χ0n) is 14.1. The first-order valence-corrected chi connectivity index (χ1v) is 9.48. The Balaban J connectivity index is 1.96. The number of rotatable bonds is 3. The molecule has 2 aromatic rings. The highest BCUT2D eigenvalue weighted by Gasteiger charge is 2.39. The third kappa shape index (κ3) is 3.21. The molecule has 0 radical (unpaired) electrons. The Morgan fingerprint density at radius 1 is 1.32 bits per heavy atom. The number of anilines is 2. The van der Waals surface area contributed by atoms with Crippen LogP contribution in [0.4, 0.5) is 15.8 Å². The van der Waals surface area contributed by atoms with E-state index in [1.54, 1.807) is 18.2 Å². The van der Waals surface area contributed by atoms with Crippen LogP contribution in [0.1, 0.15) is 29.8 Å². The third-order valence-electron chi connectivity index (χ3n) is 4.20. The number of amides is 1. The minimum absolute atomic E-state index is 0.178. The molecule has 1 N–H and O–H groups in total. The summed E-state index contributed by atoms with van der Waals surface area (Å²) in [5.41, 5.74) is 1.28. The Labute approximate surface area is 145 Å². The maximum Gasteiger partial charge on any atom is 0.260 e. The molecule has 1 aliphatic heterocycles. The first-order chi connectivity index (χ1) is 11.6. The number of nitrogens with one attached hydrogen (secondary N) is 1. The molecule has 0 saturated carbocycles. The number of hydrogen-bond donors (Lipinski definition) is 1. The molecule has 1 amide bonds. The molecule has 1 aromatic carbocycles. The second kappa shape index (κ2) is 5.80. The number of aromatic nitrogens is 1. The lowest BCUT2D eigenvalue weighted by Gasteiger charge is -2.20. The summed E-state index contributed by atoms with van der Waals surface area (Å²) >= 11 is 0. The Morgan fingerprint density at radius 2 is 2.04 bits per heavy atom. The van der Waals surface area contributed by atoms with Crippen LogP contribution in [0.15, 0.2) is 36.5 Å². The predicted molar refractivity (Wildman–Crippen MR) is 93.8 cm³/mol. The summed E-state index contributed by atoms with van der Waals surface area (Å²) in [5, 5.41) is 2.59. The fourth-order valence-electron chi connectivity index (χ4n) is 2.97. The Morgan fingerprint density at radius 3 is 2.68 bits per heavy atom. The van der Waals surface area contributed by atoms with Gasteiger partial charge in [-0.1, -0.05) is 19.9 Å². The third-order valence-corrected chi connectivity index (χ3v) is 5.32. The van der Waals surface area contributed by atoms with Gasteiger partial charge in [0, 0.05) is 23.8 Å². The Bertz CT molecular complexity index is 957. The fourth-order valence-corrected chi connectivity index (χ4v) is 4.03. The van der Waals surface area contributed by atoms with Gasteiger partial charge in [-0.2, -0.15) is 4.39 Å². The average molecular weight is 363 g/mol. The van der Waals surface area contributed by atoms with Crippen LogP contribution in [0.25, 0.3) is 0 Å². The molecule has 1 aromatic heterocycles. The zero-order valence-corrected chi connectivity index (χ0v) is 14.9. The first kappa shape index (κ1) is 17.3. The van der Waals surface area contributed by atoms with Crippen LogP contribution in [0.2, 0.25) is 0 Å². The molecule has 0 bridgehead atoms. The molecule has 25 heavy (non-hydrogen) atoms. The molecule has 6 nitrogen and oxygen atoms in total. The van der Waals surface area contributed by atoms with Gasteiger partial charge in [-0.05, 0) is 29.8 Å². The van der Waals surface area contributed by atoms with Crippen molar-refractivity contribution in [3.05, 3.63) is 53.6 Å². The van der Waals surface area contributed by atoms with E-state index in [0.29, 0.717) is 17.9 Å². The van der Waals surface area contributed by atoms with Gasteiger partial charge in [0.2, 0.25) is 16.0 Å². The van der Waals surface area contributed by atoms with Crippen molar-refractivity contribution in [1.82, 2.24) is 4.98 Å². The number of carbonyl (C=O) groups is 1. The quantitative estimate of drug-likeness (QED) is 0.850. The molecular weight excluding hydrogens is 345 g/mol. The number of hydrogen-bond acceptors (Lipinski definition) is 4. The fraction of sp³-hybridized carbons (Fsp3) is 0.294. The van der Waals surface area contributed by atoms with Crippen LogP contribution in [-0.2, 0) is 15.4 Å². The van der Waals surface area contributed by atoms with E-state index in [1.807, 2.05) is 13.8 Å². The van der Waals surface area contributed by atoms with E-state index in [9.17, 15) is 17.6 Å². The van der Waals surface area contributed by atoms with Crippen LogP contribution < -0.4 is 9.62 Å². The number of sulfonamides is 1. The first-order valence-electron chi connectivity index (χ1n) is 7.64. The predicted octanol–water partition coefficient (Wildman–Crippen LogP) is 2.53. The minimum Gasteiger partial charge on any atom is -0.322 e. The van der Waals surface area contributed by atoms with E-state index in [4.69, 9.17) is 0 Å². The van der Waals surface area contributed by atoms with E-state index in [2.05, 4.69) is 10.3 Å². The summed E-state index contributed by atoms with van der Waals surface area (Å²) in [4.78, 5) is 15.7. The number of nitrogens with zero attached hydrogens (tertiary/aromatic N) is 2. The Kier molecular flexibility index (Phi) is 4.03. The highest BCUT2D eigenvalue weighted by Crippen LogP contribution is 2.42. The van der Waals surface area contributed by atoms with E-state index >= 15 is 0 Å². The standard InChI is InChI=1S/C17H18FN3O3S/c1-17(2)10-21(25(3,23)24)14-9-11(6-7-13(14)17)20-16(22)12-5-4-8-19-15(12)18/h4-9H,10H2,1-3H3,(H,20,22).